The minimum atomic E-state index is -0.317. The van der Waals surface area contributed by atoms with Crippen molar-refractivity contribution in [3.05, 3.63) is 36.1 Å². The van der Waals surface area contributed by atoms with Crippen LogP contribution >= 0.6 is 11.8 Å². The van der Waals surface area contributed by atoms with Gasteiger partial charge in [-0.1, -0.05) is 11.8 Å². The molecule has 2 heterocycles. The van der Waals surface area contributed by atoms with Gasteiger partial charge in [-0.25, -0.2) is 4.39 Å². The lowest BCUT2D eigenvalue weighted by atomic mass is 10.3. The first-order chi connectivity index (χ1) is 9.26. The molecule has 0 aliphatic rings. The van der Waals surface area contributed by atoms with Crippen molar-refractivity contribution in [3.8, 4) is 11.6 Å². The molecule has 0 amide bonds. The van der Waals surface area contributed by atoms with Gasteiger partial charge in [0.1, 0.15) is 11.6 Å². The number of benzene rings is 1. The minimum Gasteiger partial charge on any atom is -0.439 e. The maximum atomic E-state index is 12.8. The van der Waals surface area contributed by atoms with Gasteiger partial charge in [-0.05, 0) is 40.9 Å². The number of fused-ring (bicyclic) bond motifs is 1. The molecule has 0 atom stereocenters. The summed E-state index contributed by atoms with van der Waals surface area (Å²) in [5.41, 5.74) is 0.538. The summed E-state index contributed by atoms with van der Waals surface area (Å²) in [6, 6.07) is 7.32. The van der Waals surface area contributed by atoms with Crippen LogP contribution in [-0.2, 0) is 0 Å². The maximum Gasteiger partial charge on any atom is 0.225 e. The van der Waals surface area contributed by atoms with Crippen molar-refractivity contribution in [1.29, 1.82) is 0 Å². The van der Waals surface area contributed by atoms with Gasteiger partial charge in [-0.3, -0.25) is 0 Å². The molecule has 0 aliphatic carbocycles. The van der Waals surface area contributed by atoms with Crippen molar-refractivity contribution in [1.82, 2.24) is 25.0 Å². The van der Waals surface area contributed by atoms with Crippen LogP contribution < -0.4 is 4.74 Å². The molecule has 2 aromatic heterocycles. The summed E-state index contributed by atoms with van der Waals surface area (Å²) < 4.78 is 19.9. The molecule has 0 unspecified atom stereocenters. The molecule has 0 radical (unpaired) electrons. The fraction of sp³-hybridized carbons (Fsp3) is 0.0909. The normalized spacial score (nSPS) is 10.8. The number of halogens is 1. The van der Waals surface area contributed by atoms with Gasteiger partial charge in [-0.2, -0.15) is 9.50 Å². The van der Waals surface area contributed by atoms with Crippen molar-refractivity contribution < 1.29 is 9.13 Å². The number of aromatic nitrogens is 5. The highest BCUT2D eigenvalue weighted by Crippen LogP contribution is 2.23. The van der Waals surface area contributed by atoms with E-state index in [9.17, 15) is 4.39 Å². The van der Waals surface area contributed by atoms with Crippen LogP contribution in [-0.4, -0.2) is 31.3 Å². The highest BCUT2D eigenvalue weighted by molar-refractivity contribution is 7.98. The molecule has 96 valence electrons. The Bertz CT molecular complexity index is 715. The number of ether oxygens (including phenoxy) is 1. The van der Waals surface area contributed by atoms with Gasteiger partial charge in [0.15, 0.2) is 10.8 Å². The zero-order valence-corrected chi connectivity index (χ0v) is 10.6. The van der Waals surface area contributed by atoms with E-state index in [0.29, 0.717) is 22.4 Å². The van der Waals surface area contributed by atoms with Crippen molar-refractivity contribution in [3.63, 3.8) is 0 Å². The molecule has 6 nitrogen and oxygen atoms in total. The first-order valence-electron chi connectivity index (χ1n) is 5.33. The first kappa shape index (κ1) is 11.8. The molecule has 1 aromatic carbocycles. The van der Waals surface area contributed by atoms with E-state index in [1.165, 1.54) is 40.5 Å². The smallest absolute Gasteiger partial charge is 0.225 e. The minimum absolute atomic E-state index is 0.317. The third-order valence-corrected chi connectivity index (χ3v) is 2.98. The second-order valence-corrected chi connectivity index (χ2v) is 4.36. The highest BCUT2D eigenvalue weighted by atomic mass is 32.2. The van der Waals surface area contributed by atoms with Crippen LogP contribution in [0.5, 0.6) is 11.6 Å². The fourth-order valence-corrected chi connectivity index (χ4v) is 2.00. The molecule has 0 spiro atoms. The van der Waals surface area contributed by atoms with E-state index in [1.54, 1.807) is 6.07 Å². The third-order valence-electron chi connectivity index (χ3n) is 2.35. The summed E-state index contributed by atoms with van der Waals surface area (Å²) in [6.45, 7) is 0. The Balaban J connectivity index is 1.98. The molecule has 0 N–H and O–H groups in total. The predicted octanol–water partition coefficient (Wildman–Crippen LogP) is 2.17. The van der Waals surface area contributed by atoms with Gasteiger partial charge in [0, 0.05) is 6.07 Å². The van der Waals surface area contributed by atoms with Crippen molar-refractivity contribution in [2.45, 2.75) is 5.16 Å². The van der Waals surface area contributed by atoms with E-state index in [4.69, 9.17) is 4.74 Å². The van der Waals surface area contributed by atoms with Gasteiger partial charge in [0.2, 0.25) is 5.88 Å². The Labute approximate surface area is 111 Å². The number of nitrogens with zero attached hydrogens (tertiary/aromatic N) is 5. The molecule has 0 fully saturated rings. The Morgan fingerprint density at radius 3 is 2.79 bits per heavy atom. The third kappa shape index (κ3) is 2.34. The van der Waals surface area contributed by atoms with E-state index >= 15 is 0 Å². The average molecular weight is 277 g/mol. The largest absolute Gasteiger partial charge is 0.439 e. The Morgan fingerprint density at radius 1 is 1.26 bits per heavy atom. The Hall–Kier alpha value is -2.22. The van der Waals surface area contributed by atoms with E-state index < -0.39 is 0 Å². The van der Waals surface area contributed by atoms with E-state index in [0.717, 1.165) is 0 Å². The van der Waals surface area contributed by atoms with Crippen molar-refractivity contribution >= 4 is 17.4 Å². The Morgan fingerprint density at radius 2 is 2.05 bits per heavy atom. The number of hydrogen-bond acceptors (Lipinski definition) is 6. The van der Waals surface area contributed by atoms with Gasteiger partial charge < -0.3 is 4.74 Å². The molecular weight excluding hydrogens is 269 g/mol. The summed E-state index contributed by atoms with van der Waals surface area (Å²) in [7, 11) is 0. The number of thioether (sulfide) groups is 1. The summed E-state index contributed by atoms with van der Waals surface area (Å²) in [5.74, 6) is 0.540. The number of hydrogen-bond donors (Lipinski definition) is 0. The molecule has 19 heavy (non-hydrogen) atoms. The zero-order chi connectivity index (χ0) is 13.2. The zero-order valence-electron chi connectivity index (χ0n) is 9.82. The topological polar surface area (TPSA) is 65.2 Å². The summed E-state index contributed by atoms with van der Waals surface area (Å²) in [4.78, 5) is 4.28. The van der Waals surface area contributed by atoms with Crippen molar-refractivity contribution in [2.75, 3.05) is 6.26 Å². The fourth-order valence-electron chi connectivity index (χ4n) is 1.51. The second kappa shape index (κ2) is 4.81. The monoisotopic (exact) mass is 277 g/mol. The van der Waals surface area contributed by atoms with Gasteiger partial charge in [0.25, 0.3) is 0 Å². The standard InChI is InChI=1S/C11H8FN5OS/c1-19-11-13-10(6-9-14-15-16-17(9)11)18-8-4-2-7(12)3-5-8/h2-6H,1H3. The van der Waals surface area contributed by atoms with E-state index in [2.05, 4.69) is 20.5 Å². The lowest BCUT2D eigenvalue weighted by Crippen LogP contribution is -1.98. The van der Waals surface area contributed by atoms with Crippen LogP contribution in [0.2, 0.25) is 0 Å². The maximum absolute atomic E-state index is 12.8. The van der Waals surface area contributed by atoms with Crippen LogP contribution in [0.1, 0.15) is 0 Å². The quantitative estimate of drug-likeness (QED) is 0.540. The lowest BCUT2D eigenvalue weighted by molar-refractivity contribution is 0.452. The molecular formula is C11H8FN5OS. The van der Waals surface area contributed by atoms with Gasteiger partial charge >= 0.3 is 0 Å². The molecule has 0 bridgehead atoms. The molecule has 0 saturated carbocycles. The van der Waals surface area contributed by atoms with Crippen LogP contribution in [0.3, 0.4) is 0 Å². The molecule has 3 rings (SSSR count). The average Bonchev–Trinajstić information content (AvgIpc) is 2.89. The highest BCUT2D eigenvalue weighted by Gasteiger charge is 2.09. The predicted molar refractivity (Wildman–Crippen MR) is 66.8 cm³/mol. The van der Waals surface area contributed by atoms with Crippen LogP contribution in [0, 0.1) is 5.82 Å². The second-order valence-electron chi connectivity index (χ2n) is 3.59. The lowest BCUT2D eigenvalue weighted by Gasteiger charge is -2.06. The number of tetrazole rings is 1. The van der Waals surface area contributed by atoms with Gasteiger partial charge in [-0.15, -0.1) is 5.10 Å². The molecule has 3 aromatic rings. The van der Waals surface area contributed by atoms with Crippen molar-refractivity contribution in [2.24, 2.45) is 0 Å². The van der Waals surface area contributed by atoms with E-state index in [1.807, 2.05) is 6.26 Å². The summed E-state index contributed by atoms with van der Waals surface area (Å²) in [5, 5.41) is 11.9. The van der Waals surface area contributed by atoms with Crippen LogP contribution in [0.25, 0.3) is 5.65 Å². The Kier molecular flexibility index (Phi) is 3.00. The number of rotatable bonds is 3. The van der Waals surface area contributed by atoms with Gasteiger partial charge in [0.05, 0.1) is 0 Å². The molecule has 0 aliphatic heterocycles. The van der Waals surface area contributed by atoms with Crippen LogP contribution in [0.4, 0.5) is 4.39 Å². The van der Waals surface area contributed by atoms with Crippen LogP contribution in [0.15, 0.2) is 35.5 Å². The summed E-state index contributed by atoms with van der Waals surface area (Å²) in [6.07, 6.45) is 1.87. The first-order valence-corrected chi connectivity index (χ1v) is 6.55. The van der Waals surface area contributed by atoms with E-state index in [-0.39, 0.29) is 5.82 Å². The SMILES string of the molecule is CSc1nc(Oc2ccc(F)cc2)cc2nnnn12. The molecule has 8 heteroatoms. The summed E-state index contributed by atoms with van der Waals surface area (Å²) >= 11 is 1.40. The molecule has 0 saturated heterocycles.